The van der Waals surface area contributed by atoms with Gasteiger partial charge in [-0.1, -0.05) is 42.5 Å². The second-order valence-corrected chi connectivity index (χ2v) is 6.60. The molecule has 0 bridgehead atoms. The van der Waals surface area contributed by atoms with E-state index in [1.54, 1.807) is 36.4 Å². The van der Waals surface area contributed by atoms with Gasteiger partial charge in [-0.05, 0) is 42.5 Å². The molecule has 0 unspecified atom stereocenters. The van der Waals surface area contributed by atoms with Crippen LogP contribution in [-0.4, -0.2) is 29.2 Å². The summed E-state index contributed by atoms with van der Waals surface area (Å²) in [5.41, 5.74) is 0.301. The molecule has 0 aromatic heterocycles. The van der Waals surface area contributed by atoms with Crippen LogP contribution in [0.15, 0.2) is 78.9 Å². The van der Waals surface area contributed by atoms with Gasteiger partial charge in [0, 0.05) is 6.07 Å². The van der Waals surface area contributed by atoms with Gasteiger partial charge in [0.15, 0.2) is 5.11 Å². The van der Waals surface area contributed by atoms with Crippen molar-refractivity contribution in [2.24, 2.45) is 0 Å². The first-order valence-corrected chi connectivity index (χ1v) is 9.71. The Morgan fingerprint density at radius 3 is 2.32 bits per heavy atom. The van der Waals surface area contributed by atoms with Crippen LogP contribution >= 0.6 is 12.2 Å². The quantitative estimate of drug-likeness (QED) is 0.236. The average Bonchev–Trinajstić information content (AvgIpc) is 2.78. The Balaban J connectivity index is 1.58. The smallest absolute Gasteiger partial charge is 0.292 e. The molecule has 0 atom stereocenters. The third kappa shape index (κ3) is 6.25. The second-order valence-electron chi connectivity index (χ2n) is 6.19. The fourth-order valence-corrected chi connectivity index (χ4v) is 2.87. The lowest BCUT2D eigenvalue weighted by Crippen LogP contribution is -2.34. The Kier molecular flexibility index (Phi) is 7.50. The van der Waals surface area contributed by atoms with Crippen molar-refractivity contribution in [1.82, 2.24) is 5.32 Å². The molecule has 0 radical (unpaired) electrons. The fraction of sp³-hybridized carbons (Fsp3) is 0.0909. The van der Waals surface area contributed by atoms with Gasteiger partial charge in [0.2, 0.25) is 0 Å². The highest BCUT2D eigenvalue weighted by Gasteiger charge is 2.17. The summed E-state index contributed by atoms with van der Waals surface area (Å²) < 4.78 is 11.3. The predicted octanol–water partition coefficient (Wildman–Crippen LogP) is 4.18. The van der Waals surface area contributed by atoms with Crippen LogP contribution in [0.25, 0.3) is 0 Å². The zero-order valence-corrected chi connectivity index (χ0v) is 17.1. The van der Waals surface area contributed by atoms with Gasteiger partial charge >= 0.3 is 0 Å². The zero-order valence-electron chi connectivity index (χ0n) is 16.3. The minimum Gasteiger partial charge on any atom is -0.490 e. The SMILES string of the molecule is O=C(NC(=S)Nc1ccccc1[N+](=O)[O-])c1ccccc1OCCOc1ccccc1. The molecule has 2 N–H and O–H groups in total. The molecule has 0 aliphatic heterocycles. The topological polar surface area (TPSA) is 103 Å². The lowest BCUT2D eigenvalue weighted by atomic mass is 10.2. The molecule has 1 amide bonds. The van der Waals surface area contributed by atoms with Crippen molar-refractivity contribution in [1.29, 1.82) is 0 Å². The van der Waals surface area contributed by atoms with E-state index in [0.29, 0.717) is 12.4 Å². The molecule has 158 valence electrons. The summed E-state index contributed by atoms with van der Waals surface area (Å²) in [5.74, 6) is 0.587. The molecule has 3 aromatic rings. The number of thiocarbonyl (C=S) groups is 1. The number of anilines is 1. The number of nitro benzene ring substituents is 1. The van der Waals surface area contributed by atoms with Gasteiger partial charge in [-0.2, -0.15) is 0 Å². The van der Waals surface area contributed by atoms with Crippen LogP contribution in [0.2, 0.25) is 0 Å². The number of hydrogen-bond acceptors (Lipinski definition) is 6. The van der Waals surface area contributed by atoms with Gasteiger partial charge in [-0.25, -0.2) is 0 Å². The molecule has 0 aliphatic carbocycles. The van der Waals surface area contributed by atoms with Gasteiger partial charge in [0.1, 0.15) is 30.4 Å². The van der Waals surface area contributed by atoms with E-state index < -0.39 is 10.8 Å². The summed E-state index contributed by atoms with van der Waals surface area (Å²) in [7, 11) is 0. The molecule has 3 rings (SSSR count). The Morgan fingerprint density at radius 1 is 0.903 bits per heavy atom. The minimum atomic E-state index is -0.534. The van der Waals surface area contributed by atoms with E-state index in [1.807, 2.05) is 30.3 Å². The molecule has 0 spiro atoms. The molecule has 8 nitrogen and oxygen atoms in total. The molecule has 0 aliphatic rings. The standard InChI is InChI=1S/C22H19N3O5S/c26-21(24-22(31)23-18-11-5-6-12-19(18)25(27)28)17-10-4-7-13-20(17)30-15-14-29-16-8-2-1-3-9-16/h1-13H,14-15H2,(H2,23,24,26,31). The number of nitrogens with one attached hydrogen (secondary N) is 2. The molecular formula is C22H19N3O5S. The number of hydrogen-bond donors (Lipinski definition) is 2. The number of ether oxygens (including phenoxy) is 2. The molecule has 31 heavy (non-hydrogen) atoms. The zero-order chi connectivity index (χ0) is 22.1. The molecule has 3 aromatic carbocycles. The second kappa shape index (κ2) is 10.7. The van der Waals surface area contributed by atoms with Crippen LogP contribution in [0.5, 0.6) is 11.5 Å². The maximum absolute atomic E-state index is 12.7. The lowest BCUT2D eigenvalue weighted by Gasteiger charge is -2.13. The van der Waals surface area contributed by atoms with E-state index in [0.717, 1.165) is 5.75 Å². The predicted molar refractivity (Wildman–Crippen MR) is 121 cm³/mol. The van der Waals surface area contributed by atoms with Crippen molar-refractivity contribution < 1.29 is 19.2 Å². The number of carbonyl (C=O) groups excluding carboxylic acids is 1. The fourth-order valence-electron chi connectivity index (χ4n) is 2.67. The maximum atomic E-state index is 12.7. The highest BCUT2D eigenvalue weighted by atomic mass is 32.1. The van der Waals surface area contributed by atoms with Crippen molar-refractivity contribution in [2.45, 2.75) is 0 Å². The Labute approximate surface area is 184 Å². The number of nitrogens with zero attached hydrogens (tertiary/aromatic N) is 1. The van der Waals surface area contributed by atoms with Crippen molar-refractivity contribution >= 4 is 34.6 Å². The molecule has 9 heteroatoms. The normalized spacial score (nSPS) is 10.1. The third-order valence-corrected chi connectivity index (χ3v) is 4.26. The number of amides is 1. The Morgan fingerprint density at radius 2 is 1.55 bits per heavy atom. The van der Waals surface area contributed by atoms with Gasteiger partial charge in [0.05, 0.1) is 10.5 Å². The summed E-state index contributed by atoms with van der Waals surface area (Å²) in [6.07, 6.45) is 0. The number of carbonyl (C=O) groups is 1. The third-order valence-electron chi connectivity index (χ3n) is 4.06. The van der Waals surface area contributed by atoms with Crippen molar-refractivity contribution in [3.63, 3.8) is 0 Å². The van der Waals surface area contributed by atoms with Crippen LogP contribution < -0.4 is 20.1 Å². The van der Waals surface area contributed by atoms with E-state index in [-0.39, 0.29) is 28.7 Å². The summed E-state index contributed by atoms with van der Waals surface area (Å²) in [6.45, 7) is 0.537. The first-order chi connectivity index (χ1) is 15.0. The van der Waals surface area contributed by atoms with E-state index >= 15 is 0 Å². The number of nitro groups is 1. The van der Waals surface area contributed by atoms with Crippen molar-refractivity contribution in [3.05, 3.63) is 94.5 Å². The summed E-state index contributed by atoms with van der Waals surface area (Å²) in [5, 5.41) is 16.2. The van der Waals surface area contributed by atoms with Gasteiger partial charge < -0.3 is 14.8 Å². The van der Waals surface area contributed by atoms with Crippen LogP contribution in [0.4, 0.5) is 11.4 Å². The monoisotopic (exact) mass is 437 g/mol. The van der Waals surface area contributed by atoms with E-state index in [4.69, 9.17) is 21.7 Å². The molecule has 0 saturated heterocycles. The van der Waals surface area contributed by atoms with Gasteiger partial charge in [-0.15, -0.1) is 0 Å². The molecule has 0 fully saturated rings. The first kappa shape index (κ1) is 21.7. The van der Waals surface area contributed by atoms with Crippen molar-refractivity contribution in [3.8, 4) is 11.5 Å². The molecular weight excluding hydrogens is 418 g/mol. The van der Waals surface area contributed by atoms with Crippen LogP contribution in [0.1, 0.15) is 10.4 Å². The summed E-state index contributed by atoms with van der Waals surface area (Å²) in [4.78, 5) is 23.2. The van der Waals surface area contributed by atoms with Gasteiger partial charge in [-0.3, -0.25) is 20.2 Å². The van der Waals surface area contributed by atoms with Crippen LogP contribution in [0.3, 0.4) is 0 Å². The Bertz CT molecular complexity index is 1080. The van der Waals surface area contributed by atoms with Crippen LogP contribution in [0, 0.1) is 10.1 Å². The van der Waals surface area contributed by atoms with Gasteiger partial charge in [0.25, 0.3) is 11.6 Å². The van der Waals surface area contributed by atoms with E-state index in [2.05, 4.69) is 10.6 Å². The maximum Gasteiger partial charge on any atom is 0.292 e. The average molecular weight is 437 g/mol. The summed E-state index contributed by atoms with van der Waals surface area (Å²) in [6, 6.07) is 22.0. The highest BCUT2D eigenvalue weighted by Crippen LogP contribution is 2.23. The number of para-hydroxylation sites is 4. The highest BCUT2D eigenvalue weighted by molar-refractivity contribution is 7.80. The largest absolute Gasteiger partial charge is 0.490 e. The number of rotatable bonds is 8. The van der Waals surface area contributed by atoms with Crippen LogP contribution in [-0.2, 0) is 0 Å². The molecule has 0 saturated carbocycles. The summed E-state index contributed by atoms with van der Waals surface area (Å²) >= 11 is 5.14. The molecule has 0 heterocycles. The van der Waals surface area contributed by atoms with E-state index in [1.165, 1.54) is 12.1 Å². The van der Waals surface area contributed by atoms with E-state index in [9.17, 15) is 14.9 Å². The Hall–Kier alpha value is -3.98. The lowest BCUT2D eigenvalue weighted by molar-refractivity contribution is -0.383. The minimum absolute atomic E-state index is 0.0680. The number of benzene rings is 3. The first-order valence-electron chi connectivity index (χ1n) is 9.30. The van der Waals surface area contributed by atoms with Crippen molar-refractivity contribution in [2.75, 3.05) is 18.5 Å².